The molecule has 2 N–H and O–H groups in total. The van der Waals surface area contributed by atoms with Gasteiger partial charge < -0.3 is 10.6 Å². The highest BCUT2D eigenvalue weighted by Gasteiger charge is 2.10. The zero-order chi connectivity index (χ0) is 12.1. The summed E-state index contributed by atoms with van der Waals surface area (Å²) in [4.78, 5) is 13.4. The van der Waals surface area contributed by atoms with Crippen molar-refractivity contribution in [1.29, 1.82) is 0 Å². The predicted octanol–water partition coefficient (Wildman–Crippen LogP) is 0.855. The van der Waals surface area contributed by atoms with E-state index in [1.54, 1.807) is 38.4 Å². The molecule has 1 aromatic rings. The standard InChI is InChI=1S/C11H16N2O2S/c1-13(2)11(14)7-8-16(15)10-6-4-3-5-9(10)12/h3-6H,7-8,12H2,1-2H3. The van der Waals surface area contributed by atoms with Gasteiger partial charge >= 0.3 is 0 Å². The van der Waals surface area contributed by atoms with Crippen LogP contribution in [-0.4, -0.2) is 34.9 Å². The number of nitrogens with zero attached hydrogens (tertiary/aromatic N) is 1. The highest BCUT2D eigenvalue weighted by Crippen LogP contribution is 2.16. The molecule has 0 aromatic heterocycles. The van der Waals surface area contributed by atoms with Crippen LogP contribution in [0, 0.1) is 0 Å². The lowest BCUT2D eigenvalue weighted by Crippen LogP contribution is -2.23. The second-order valence-electron chi connectivity index (χ2n) is 3.63. The van der Waals surface area contributed by atoms with Gasteiger partial charge in [-0.15, -0.1) is 0 Å². The first-order valence-electron chi connectivity index (χ1n) is 4.95. The van der Waals surface area contributed by atoms with Gasteiger partial charge in [0.1, 0.15) is 0 Å². The molecule has 5 heteroatoms. The molecule has 0 aliphatic heterocycles. The third-order valence-electron chi connectivity index (χ3n) is 2.16. The first-order valence-corrected chi connectivity index (χ1v) is 6.27. The largest absolute Gasteiger partial charge is 0.398 e. The summed E-state index contributed by atoms with van der Waals surface area (Å²) < 4.78 is 11.9. The molecule has 0 fully saturated rings. The Kier molecular flexibility index (Phi) is 4.49. The van der Waals surface area contributed by atoms with E-state index in [9.17, 15) is 9.00 Å². The maximum absolute atomic E-state index is 11.9. The van der Waals surface area contributed by atoms with Gasteiger partial charge in [-0.2, -0.15) is 0 Å². The topological polar surface area (TPSA) is 63.4 Å². The molecule has 0 spiro atoms. The van der Waals surface area contributed by atoms with Gasteiger partial charge in [-0.05, 0) is 12.1 Å². The van der Waals surface area contributed by atoms with Crippen molar-refractivity contribution >= 4 is 22.4 Å². The number of amides is 1. The minimum absolute atomic E-state index is 0.0251. The van der Waals surface area contributed by atoms with Crippen LogP contribution in [0.3, 0.4) is 0 Å². The van der Waals surface area contributed by atoms with Crippen molar-refractivity contribution in [1.82, 2.24) is 4.90 Å². The lowest BCUT2D eigenvalue weighted by atomic mass is 10.3. The van der Waals surface area contributed by atoms with E-state index in [1.165, 1.54) is 4.90 Å². The van der Waals surface area contributed by atoms with Crippen LogP contribution >= 0.6 is 0 Å². The Morgan fingerprint density at radius 2 is 2.00 bits per heavy atom. The average Bonchev–Trinajstić information content (AvgIpc) is 2.25. The fraction of sp³-hybridized carbons (Fsp3) is 0.364. The van der Waals surface area contributed by atoms with E-state index in [2.05, 4.69) is 0 Å². The minimum atomic E-state index is -1.20. The monoisotopic (exact) mass is 240 g/mol. The second kappa shape index (κ2) is 5.65. The Hall–Kier alpha value is -1.36. The van der Waals surface area contributed by atoms with Gasteiger partial charge in [-0.3, -0.25) is 9.00 Å². The number of hydrogen-bond donors (Lipinski definition) is 1. The van der Waals surface area contributed by atoms with Gasteiger partial charge in [-0.1, -0.05) is 12.1 Å². The molecule has 0 radical (unpaired) electrons. The van der Waals surface area contributed by atoms with Crippen molar-refractivity contribution in [2.24, 2.45) is 0 Å². The quantitative estimate of drug-likeness (QED) is 0.794. The van der Waals surface area contributed by atoms with E-state index < -0.39 is 10.8 Å². The summed E-state index contributed by atoms with van der Waals surface area (Å²) >= 11 is 0. The second-order valence-corrected chi connectivity index (χ2v) is 5.16. The van der Waals surface area contributed by atoms with E-state index in [0.29, 0.717) is 16.3 Å². The molecule has 1 atom stereocenters. The van der Waals surface area contributed by atoms with Crippen LogP contribution in [0.1, 0.15) is 6.42 Å². The Morgan fingerprint density at radius 3 is 2.56 bits per heavy atom. The number of nitrogen functional groups attached to an aromatic ring is 1. The molecule has 0 aliphatic rings. The molecular weight excluding hydrogens is 224 g/mol. The molecule has 4 nitrogen and oxygen atoms in total. The number of nitrogens with two attached hydrogens (primary N) is 1. The minimum Gasteiger partial charge on any atom is -0.398 e. The molecule has 1 amide bonds. The zero-order valence-corrected chi connectivity index (χ0v) is 10.3. The van der Waals surface area contributed by atoms with Crippen LogP contribution in [0.4, 0.5) is 5.69 Å². The van der Waals surface area contributed by atoms with Gasteiger partial charge in [0.05, 0.1) is 15.7 Å². The molecule has 88 valence electrons. The van der Waals surface area contributed by atoms with Crippen LogP contribution in [-0.2, 0) is 15.6 Å². The summed E-state index contributed by atoms with van der Waals surface area (Å²) in [6.45, 7) is 0. The van der Waals surface area contributed by atoms with Crippen LogP contribution < -0.4 is 5.73 Å². The van der Waals surface area contributed by atoms with Crippen LogP contribution in [0.15, 0.2) is 29.2 Å². The van der Waals surface area contributed by atoms with E-state index in [4.69, 9.17) is 5.73 Å². The molecular formula is C11H16N2O2S. The molecule has 1 aromatic carbocycles. The first kappa shape index (κ1) is 12.7. The lowest BCUT2D eigenvalue weighted by Gasteiger charge is -2.10. The van der Waals surface area contributed by atoms with Crippen molar-refractivity contribution < 1.29 is 9.00 Å². The van der Waals surface area contributed by atoms with Crippen LogP contribution in [0.5, 0.6) is 0 Å². The molecule has 0 aliphatic carbocycles. The Labute approximate surface area is 97.9 Å². The molecule has 0 heterocycles. The molecule has 0 saturated carbocycles. The van der Waals surface area contributed by atoms with Crippen molar-refractivity contribution in [3.63, 3.8) is 0 Å². The fourth-order valence-corrected chi connectivity index (χ4v) is 2.34. The number of benzene rings is 1. The van der Waals surface area contributed by atoms with Crippen molar-refractivity contribution in [3.05, 3.63) is 24.3 Å². The summed E-state index contributed by atoms with van der Waals surface area (Å²) in [5.74, 6) is 0.286. The molecule has 1 unspecified atom stereocenters. The van der Waals surface area contributed by atoms with Gasteiger partial charge in [0.25, 0.3) is 0 Å². The lowest BCUT2D eigenvalue weighted by molar-refractivity contribution is -0.128. The third kappa shape index (κ3) is 3.34. The number of hydrogen-bond acceptors (Lipinski definition) is 3. The number of carbonyl (C=O) groups is 1. The normalized spacial score (nSPS) is 12.1. The smallest absolute Gasteiger partial charge is 0.222 e. The summed E-state index contributed by atoms with van der Waals surface area (Å²) in [6.07, 6.45) is 0.272. The predicted molar refractivity (Wildman–Crippen MR) is 65.4 cm³/mol. The number of carbonyl (C=O) groups excluding carboxylic acids is 1. The van der Waals surface area contributed by atoms with Crippen molar-refractivity contribution in [3.8, 4) is 0 Å². The molecule has 16 heavy (non-hydrogen) atoms. The fourth-order valence-electron chi connectivity index (χ4n) is 1.20. The maximum Gasteiger partial charge on any atom is 0.222 e. The van der Waals surface area contributed by atoms with E-state index in [-0.39, 0.29) is 12.3 Å². The van der Waals surface area contributed by atoms with E-state index in [1.807, 2.05) is 0 Å². The van der Waals surface area contributed by atoms with E-state index in [0.717, 1.165) is 0 Å². The van der Waals surface area contributed by atoms with Gasteiger partial charge in [0, 0.05) is 32.0 Å². The zero-order valence-electron chi connectivity index (χ0n) is 9.47. The summed E-state index contributed by atoms with van der Waals surface area (Å²) in [6, 6.07) is 7.02. The SMILES string of the molecule is CN(C)C(=O)CCS(=O)c1ccccc1N. The van der Waals surface area contributed by atoms with Crippen molar-refractivity contribution in [2.75, 3.05) is 25.6 Å². The highest BCUT2D eigenvalue weighted by atomic mass is 32.2. The first-order chi connectivity index (χ1) is 7.52. The Morgan fingerprint density at radius 1 is 1.38 bits per heavy atom. The highest BCUT2D eigenvalue weighted by molar-refractivity contribution is 7.85. The van der Waals surface area contributed by atoms with Crippen molar-refractivity contribution in [2.45, 2.75) is 11.3 Å². The summed E-state index contributed by atoms with van der Waals surface area (Å²) in [7, 11) is 2.16. The Balaban J connectivity index is 2.60. The number of rotatable bonds is 4. The third-order valence-corrected chi connectivity index (χ3v) is 3.60. The van der Waals surface area contributed by atoms with Crippen LogP contribution in [0.25, 0.3) is 0 Å². The molecule has 1 rings (SSSR count). The Bertz CT molecular complexity index is 405. The average molecular weight is 240 g/mol. The van der Waals surface area contributed by atoms with Gasteiger partial charge in [-0.25, -0.2) is 0 Å². The summed E-state index contributed by atoms with van der Waals surface area (Å²) in [5.41, 5.74) is 6.21. The van der Waals surface area contributed by atoms with Gasteiger partial charge in [0.2, 0.25) is 5.91 Å². The molecule has 0 saturated heterocycles. The van der Waals surface area contributed by atoms with Crippen LogP contribution in [0.2, 0.25) is 0 Å². The summed E-state index contributed by atoms with van der Waals surface area (Å²) in [5, 5.41) is 0. The maximum atomic E-state index is 11.9. The molecule has 0 bridgehead atoms. The number of para-hydroxylation sites is 1. The van der Waals surface area contributed by atoms with E-state index >= 15 is 0 Å². The number of anilines is 1. The van der Waals surface area contributed by atoms with Gasteiger partial charge in [0.15, 0.2) is 0 Å².